The molecule has 1 aromatic rings. The zero-order valence-corrected chi connectivity index (χ0v) is 12.8. The van der Waals surface area contributed by atoms with Crippen molar-refractivity contribution in [3.8, 4) is 0 Å². The summed E-state index contributed by atoms with van der Waals surface area (Å²) < 4.78 is 37.2. The fourth-order valence-corrected chi connectivity index (χ4v) is 2.25. The van der Waals surface area contributed by atoms with Gasteiger partial charge in [-0.3, -0.25) is 4.79 Å². The molecule has 1 aromatic carbocycles. The van der Waals surface area contributed by atoms with Crippen LogP contribution in [0.25, 0.3) is 0 Å². The van der Waals surface area contributed by atoms with Crippen molar-refractivity contribution in [1.29, 1.82) is 0 Å². The maximum Gasteiger partial charge on any atom is 0.416 e. The Bertz CT molecular complexity index is 469. The Balaban J connectivity index is 2.52. The summed E-state index contributed by atoms with van der Waals surface area (Å²) in [7, 11) is 0. The second kappa shape index (κ2) is 7.16. The average Bonchev–Trinajstić information content (AvgIpc) is 2.36. The fourth-order valence-electron chi connectivity index (χ4n) is 1.74. The van der Waals surface area contributed by atoms with Crippen LogP contribution in [-0.2, 0) is 17.4 Å². The van der Waals surface area contributed by atoms with E-state index in [-0.39, 0.29) is 17.7 Å². The number of benzene rings is 1. The summed E-state index contributed by atoms with van der Waals surface area (Å²) >= 11 is 5.68. The van der Waals surface area contributed by atoms with E-state index in [1.807, 2.05) is 13.8 Å². The van der Waals surface area contributed by atoms with Crippen molar-refractivity contribution in [1.82, 2.24) is 5.32 Å². The normalized spacial score (nSPS) is 12.3. The number of alkyl halides is 4. The Hall–Kier alpha value is -1.23. The largest absolute Gasteiger partial charge is 0.416 e. The van der Waals surface area contributed by atoms with Gasteiger partial charge in [0.2, 0.25) is 5.91 Å². The van der Waals surface area contributed by atoms with E-state index in [0.29, 0.717) is 18.0 Å². The van der Waals surface area contributed by atoms with Gasteiger partial charge in [0.15, 0.2) is 0 Å². The van der Waals surface area contributed by atoms with Gasteiger partial charge in [0, 0.05) is 12.4 Å². The van der Waals surface area contributed by atoms with E-state index in [1.165, 1.54) is 12.1 Å². The van der Waals surface area contributed by atoms with Gasteiger partial charge >= 0.3 is 6.18 Å². The maximum atomic E-state index is 12.4. The quantitative estimate of drug-likeness (QED) is 0.788. The molecule has 0 bridgehead atoms. The lowest BCUT2D eigenvalue weighted by Crippen LogP contribution is -2.35. The number of hydrogen-bond donors (Lipinski definition) is 1. The second-order valence-corrected chi connectivity index (χ2v) is 6.13. The highest BCUT2D eigenvalue weighted by atomic mass is 35.5. The van der Waals surface area contributed by atoms with E-state index >= 15 is 0 Å². The first-order chi connectivity index (χ1) is 9.64. The Labute approximate surface area is 127 Å². The van der Waals surface area contributed by atoms with E-state index in [2.05, 4.69) is 5.32 Å². The molecule has 0 atom stereocenters. The predicted octanol–water partition coefficient (Wildman–Crippen LogP) is 4.02. The standard InChI is InChI=1S/C15H19ClF3NO/c1-14(2,7-8-16)10-20-13(21)9-11-3-5-12(6-4-11)15(17,18)19/h3-6H,7-10H2,1-2H3,(H,20,21). The zero-order valence-electron chi connectivity index (χ0n) is 12.1. The molecule has 1 rings (SSSR count). The molecular weight excluding hydrogens is 303 g/mol. The van der Waals surface area contributed by atoms with Gasteiger partial charge in [0.25, 0.3) is 0 Å². The van der Waals surface area contributed by atoms with Gasteiger partial charge in [-0.05, 0) is 29.5 Å². The maximum absolute atomic E-state index is 12.4. The molecule has 0 aliphatic rings. The summed E-state index contributed by atoms with van der Waals surface area (Å²) in [6, 6.07) is 4.62. The Morgan fingerprint density at radius 1 is 1.19 bits per heavy atom. The van der Waals surface area contributed by atoms with Crippen molar-refractivity contribution in [2.75, 3.05) is 12.4 Å². The van der Waals surface area contributed by atoms with Gasteiger partial charge in [0.05, 0.1) is 12.0 Å². The van der Waals surface area contributed by atoms with E-state index < -0.39 is 11.7 Å². The number of carbonyl (C=O) groups is 1. The molecule has 0 radical (unpaired) electrons. The van der Waals surface area contributed by atoms with Crippen molar-refractivity contribution in [3.63, 3.8) is 0 Å². The highest BCUT2D eigenvalue weighted by molar-refractivity contribution is 6.17. The Morgan fingerprint density at radius 2 is 1.76 bits per heavy atom. The number of nitrogens with one attached hydrogen (secondary N) is 1. The van der Waals surface area contributed by atoms with Crippen LogP contribution in [0.2, 0.25) is 0 Å². The van der Waals surface area contributed by atoms with Gasteiger partial charge in [-0.15, -0.1) is 11.6 Å². The third-order valence-corrected chi connectivity index (χ3v) is 3.37. The van der Waals surface area contributed by atoms with E-state index in [0.717, 1.165) is 18.6 Å². The lowest BCUT2D eigenvalue weighted by Gasteiger charge is -2.23. The summed E-state index contributed by atoms with van der Waals surface area (Å²) in [6.45, 7) is 4.47. The molecule has 21 heavy (non-hydrogen) atoms. The van der Waals surface area contributed by atoms with Crippen molar-refractivity contribution in [2.45, 2.75) is 32.9 Å². The van der Waals surface area contributed by atoms with Crippen molar-refractivity contribution in [2.24, 2.45) is 5.41 Å². The average molecular weight is 322 g/mol. The van der Waals surface area contributed by atoms with E-state index in [1.54, 1.807) is 0 Å². The van der Waals surface area contributed by atoms with Crippen LogP contribution < -0.4 is 5.32 Å². The van der Waals surface area contributed by atoms with Crippen molar-refractivity contribution >= 4 is 17.5 Å². The topological polar surface area (TPSA) is 29.1 Å². The Morgan fingerprint density at radius 3 is 2.24 bits per heavy atom. The van der Waals surface area contributed by atoms with Crippen molar-refractivity contribution < 1.29 is 18.0 Å². The van der Waals surface area contributed by atoms with Crippen LogP contribution in [0.4, 0.5) is 13.2 Å². The molecule has 0 aliphatic carbocycles. The molecule has 1 N–H and O–H groups in total. The van der Waals surface area contributed by atoms with Crippen LogP contribution in [0, 0.1) is 5.41 Å². The molecule has 1 amide bonds. The number of amides is 1. The monoisotopic (exact) mass is 321 g/mol. The lowest BCUT2D eigenvalue weighted by molar-refractivity contribution is -0.137. The molecule has 0 saturated carbocycles. The minimum absolute atomic E-state index is 0.0646. The molecule has 2 nitrogen and oxygen atoms in total. The fraction of sp³-hybridized carbons (Fsp3) is 0.533. The number of halogens is 4. The molecule has 0 heterocycles. The first kappa shape index (κ1) is 17.8. The van der Waals surface area contributed by atoms with Crippen LogP contribution in [-0.4, -0.2) is 18.3 Å². The molecule has 0 aromatic heterocycles. The van der Waals surface area contributed by atoms with Gasteiger partial charge in [-0.2, -0.15) is 13.2 Å². The van der Waals surface area contributed by atoms with Crippen LogP contribution in [0.1, 0.15) is 31.4 Å². The third kappa shape index (κ3) is 6.38. The third-order valence-electron chi connectivity index (χ3n) is 3.18. The second-order valence-electron chi connectivity index (χ2n) is 5.75. The highest BCUT2D eigenvalue weighted by Gasteiger charge is 2.30. The van der Waals surface area contributed by atoms with Crippen molar-refractivity contribution in [3.05, 3.63) is 35.4 Å². The molecule has 0 saturated heterocycles. The zero-order chi connectivity index (χ0) is 16.1. The number of rotatable bonds is 6. The molecule has 118 valence electrons. The Kier molecular flexibility index (Phi) is 6.08. The van der Waals surface area contributed by atoms with Gasteiger partial charge in [0.1, 0.15) is 0 Å². The summed E-state index contributed by atoms with van der Waals surface area (Å²) in [5.74, 6) is 0.305. The minimum Gasteiger partial charge on any atom is -0.355 e. The van der Waals surface area contributed by atoms with Crippen LogP contribution in [0.15, 0.2) is 24.3 Å². The smallest absolute Gasteiger partial charge is 0.355 e. The summed E-state index contributed by atoms with van der Waals surface area (Å²) in [5.41, 5.74) is -0.261. The molecule has 6 heteroatoms. The SMILES string of the molecule is CC(C)(CCCl)CNC(=O)Cc1ccc(C(F)(F)F)cc1. The van der Waals surface area contributed by atoms with Gasteiger partial charge < -0.3 is 5.32 Å². The number of hydrogen-bond acceptors (Lipinski definition) is 1. The summed E-state index contributed by atoms with van der Waals surface area (Å²) in [6.07, 6.45) is -3.52. The molecular formula is C15H19ClF3NO. The number of carbonyl (C=O) groups excluding carboxylic acids is 1. The molecule has 0 spiro atoms. The predicted molar refractivity (Wildman–Crippen MR) is 77.3 cm³/mol. The first-order valence-electron chi connectivity index (χ1n) is 6.63. The van der Waals surface area contributed by atoms with E-state index in [4.69, 9.17) is 11.6 Å². The van der Waals surface area contributed by atoms with Crippen LogP contribution in [0.5, 0.6) is 0 Å². The molecule has 0 unspecified atom stereocenters. The van der Waals surface area contributed by atoms with Gasteiger partial charge in [-0.1, -0.05) is 26.0 Å². The van der Waals surface area contributed by atoms with Crippen LogP contribution >= 0.6 is 11.6 Å². The summed E-state index contributed by atoms with van der Waals surface area (Å²) in [5, 5.41) is 2.78. The highest BCUT2D eigenvalue weighted by Crippen LogP contribution is 2.29. The van der Waals surface area contributed by atoms with Crippen LogP contribution in [0.3, 0.4) is 0 Å². The molecule has 0 aliphatic heterocycles. The summed E-state index contributed by atoms with van der Waals surface area (Å²) in [4.78, 5) is 11.8. The van der Waals surface area contributed by atoms with E-state index in [9.17, 15) is 18.0 Å². The molecule has 0 fully saturated rings. The first-order valence-corrected chi connectivity index (χ1v) is 7.16. The van der Waals surface area contributed by atoms with Gasteiger partial charge in [-0.25, -0.2) is 0 Å². The minimum atomic E-state index is -4.35. The lowest BCUT2D eigenvalue weighted by atomic mass is 9.90.